The van der Waals surface area contributed by atoms with Crippen LogP contribution in [-0.4, -0.2) is 10.9 Å². The highest BCUT2D eigenvalue weighted by Crippen LogP contribution is 2.18. The van der Waals surface area contributed by atoms with Gasteiger partial charge < -0.3 is 0 Å². The molecule has 0 spiro atoms. The molecule has 0 saturated carbocycles. The van der Waals surface area contributed by atoms with Crippen molar-refractivity contribution in [1.29, 1.82) is 0 Å². The molecule has 0 unspecified atom stereocenters. The zero-order valence-corrected chi connectivity index (χ0v) is 7.30. The van der Waals surface area contributed by atoms with Crippen molar-refractivity contribution in [1.82, 2.24) is 0 Å². The number of non-ortho nitro benzene ring substituents is 1. The van der Waals surface area contributed by atoms with Gasteiger partial charge in [-0.05, 0) is 6.07 Å². The third kappa shape index (κ3) is 2.74. The first-order valence-electron chi connectivity index (χ1n) is 3.69. The predicted molar refractivity (Wildman–Crippen MR) is 45.5 cm³/mol. The van der Waals surface area contributed by atoms with E-state index in [1.807, 2.05) is 0 Å². The molecule has 1 rings (SSSR count). The van der Waals surface area contributed by atoms with Gasteiger partial charge in [-0.1, -0.05) is 6.07 Å². The zero-order chi connectivity index (χ0) is 10.6. The zero-order valence-electron chi connectivity index (χ0n) is 7.30. The molecule has 6 nitrogen and oxygen atoms in total. The minimum Gasteiger partial charge on any atom is -0.287 e. The summed E-state index contributed by atoms with van der Waals surface area (Å²) < 4.78 is 0. The third-order valence-electron chi connectivity index (χ3n) is 1.28. The molecule has 0 N–H and O–H groups in total. The van der Waals surface area contributed by atoms with Crippen LogP contribution in [0.25, 0.3) is 0 Å². The van der Waals surface area contributed by atoms with Gasteiger partial charge in [0.1, 0.15) is 0 Å². The normalized spacial score (nSPS) is 9.21. The second-order valence-electron chi connectivity index (χ2n) is 2.41. The second kappa shape index (κ2) is 4.22. The van der Waals surface area contributed by atoms with Crippen LogP contribution in [0.1, 0.15) is 6.92 Å². The molecule has 0 aromatic heterocycles. The highest BCUT2D eigenvalue weighted by molar-refractivity contribution is 5.65. The lowest BCUT2D eigenvalue weighted by Gasteiger charge is -2.00. The van der Waals surface area contributed by atoms with Crippen LogP contribution < -0.4 is 4.89 Å². The molecule has 0 aliphatic heterocycles. The quantitative estimate of drug-likeness (QED) is 0.416. The Morgan fingerprint density at radius 1 is 1.50 bits per heavy atom. The summed E-state index contributed by atoms with van der Waals surface area (Å²) in [5.41, 5.74) is -0.130. The van der Waals surface area contributed by atoms with Gasteiger partial charge in [-0.2, -0.15) is 0 Å². The fourth-order valence-corrected chi connectivity index (χ4v) is 0.756. The highest BCUT2D eigenvalue weighted by atomic mass is 17.2. The molecule has 74 valence electrons. The first-order valence-corrected chi connectivity index (χ1v) is 3.69. The Kier molecular flexibility index (Phi) is 3.01. The van der Waals surface area contributed by atoms with E-state index in [9.17, 15) is 14.9 Å². The number of hydrogen-bond acceptors (Lipinski definition) is 5. The van der Waals surface area contributed by atoms with Crippen molar-refractivity contribution in [3.05, 3.63) is 34.4 Å². The van der Waals surface area contributed by atoms with Crippen LogP contribution >= 0.6 is 0 Å². The fraction of sp³-hybridized carbons (Fsp3) is 0.125. The maximum Gasteiger partial charge on any atom is 0.352 e. The topological polar surface area (TPSA) is 78.7 Å². The molecule has 0 atom stereocenters. The fourth-order valence-electron chi connectivity index (χ4n) is 0.756. The van der Waals surface area contributed by atoms with Gasteiger partial charge >= 0.3 is 5.97 Å². The van der Waals surface area contributed by atoms with E-state index in [0.29, 0.717) is 0 Å². The average molecular weight is 197 g/mol. The monoisotopic (exact) mass is 197 g/mol. The van der Waals surface area contributed by atoms with Crippen molar-refractivity contribution < 1.29 is 19.5 Å². The van der Waals surface area contributed by atoms with Gasteiger partial charge in [-0.3, -0.25) is 19.9 Å². The van der Waals surface area contributed by atoms with Gasteiger partial charge in [-0.25, -0.2) is 4.79 Å². The van der Waals surface area contributed by atoms with Gasteiger partial charge in [0.2, 0.25) is 0 Å². The molecule has 0 amide bonds. The highest BCUT2D eigenvalue weighted by Gasteiger charge is 2.07. The number of benzene rings is 1. The Hall–Kier alpha value is -2.11. The molecule has 0 bridgehead atoms. The predicted octanol–water partition coefficient (Wildman–Crippen LogP) is 1.45. The number of nitrogens with zero attached hydrogens (tertiary/aromatic N) is 1. The molecule has 0 fully saturated rings. The Labute approximate surface area is 79.1 Å². The third-order valence-corrected chi connectivity index (χ3v) is 1.28. The van der Waals surface area contributed by atoms with Crippen molar-refractivity contribution in [2.24, 2.45) is 0 Å². The molecule has 6 heteroatoms. The lowest BCUT2D eigenvalue weighted by Crippen LogP contribution is -2.02. The standard InChI is InChI=1S/C8H7NO5/c1-6(10)13-14-8-4-2-3-7(5-8)9(11)12/h2-5H,1H3. The Balaban J connectivity index is 2.73. The molecular weight excluding hydrogens is 190 g/mol. The average Bonchev–Trinajstić information content (AvgIpc) is 2.15. The van der Waals surface area contributed by atoms with E-state index in [2.05, 4.69) is 9.78 Å². The second-order valence-corrected chi connectivity index (χ2v) is 2.41. The van der Waals surface area contributed by atoms with Gasteiger partial charge in [0.25, 0.3) is 5.69 Å². The SMILES string of the molecule is CC(=O)OOc1cccc([N+](=O)[O-])c1. The summed E-state index contributed by atoms with van der Waals surface area (Å²) in [6, 6.07) is 5.33. The van der Waals surface area contributed by atoms with E-state index in [1.165, 1.54) is 18.2 Å². The molecule has 14 heavy (non-hydrogen) atoms. The number of nitro groups is 1. The maximum atomic E-state index is 10.4. The number of nitro benzene ring substituents is 1. The summed E-state index contributed by atoms with van der Waals surface area (Å²) in [5.74, 6) is -0.522. The molecule has 1 aromatic carbocycles. The molecule has 1 aromatic rings. The summed E-state index contributed by atoms with van der Waals surface area (Å²) >= 11 is 0. The van der Waals surface area contributed by atoms with Crippen LogP contribution in [0.4, 0.5) is 5.69 Å². The van der Waals surface area contributed by atoms with Gasteiger partial charge in [-0.15, -0.1) is 0 Å². The maximum absolute atomic E-state index is 10.4. The Morgan fingerprint density at radius 2 is 2.21 bits per heavy atom. The summed E-state index contributed by atoms with van der Waals surface area (Å²) in [7, 11) is 0. The largest absolute Gasteiger partial charge is 0.352 e. The first kappa shape index (κ1) is 9.97. The summed E-state index contributed by atoms with van der Waals surface area (Å²) in [6.45, 7) is 1.16. The summed E-state index contributed by atoms with van der Waals surface area (Å²) in [6.07, 6.45) is 0. The van der Waals surface area contributed by atoms with Crippen molar-refractivity contribution in [3.63, 3.8) is 0 Å². The van der Waals surface area contributed by atoms with Crippen LogP contribution in [-0.2, 0) is 9.68 Å². The van der Waals surface area contributed by atoms with Gasteiger partial charge in [0.15, 0.2) is 5.75 Å². The summed E-state index contributed by atoms with van der Waals surface area (Å²) in [5, 5.41) is 10.3. The molecule has 0 aliphatic rings. The lowest BCUT2D eigenvalue weighted by atomic mass is 10.3. The van der Waals surface area contributed by atoms with E-state index in [4.69, 9.17) is 0 Å². The van der Waals surface area contributed by atoms with Crippen LogP contribution in [0, 0.1) is 10.1 Å². The van der Waals surface area contributed by atoms with Crippen molar-refractivity contribution in [3.8, 4) is 5.75 Å². The van der Waals surface area contributed by atoms with Crippen LogP contribution in [0.15, 0.2) is 24.3 Å². The van der Waals surface area contributed by atoms with Gasteiger partial charge in [0.05, 0.1) is 11.0 Å². The first-order chi connectivity index (χ1) is 6.59. The smallest absolute Gasteiger partial charge is 0.287 e. The number of carbonyl (C=O) groups is 1. The van der Waals surface area contributed by atoms with Crippen LogP contribution in [0.5, 0.6) is 5.75 Å². The van der Waals surface area contributed by atoms with E-state index < -0.39 is 10.9 Å². The van der Waals surface area contributed by atoms with Crippen LogP contribution in [0.3, 0.4) is 0 Å². The van der Waals surface area contributed by atoms with Gasteiger partial charge in [0, 0.05) is 13.0 Å². The van der Waals surface area contributed by atoms with E-state index in [1.54, 1.807) is 0 Å². The molecule has 0 saturated heterocycles. The van der Waals surface area contributed by atoms with Crippen molar-refractivity contribution in [2.45, 2.75) is 6.92 Å². The molecule has 0 heterocycles. The minimum atomic E-state index is -0.628. The van der Waals surface area contributed by atoms with E-state index in [-0.39, 0.29) is 11.4 Å². The lowest BCUT2D eigenvalue weighted by molar-refractivity contribution is -0.385. The Bertz CT molecular complexity index is 363. The van der Waals surface area contributed by atoms with E-state index in [0.717, 1.165) is 13.0 Å². The van der Waals surface area contributed by atoms with Crippen molar-refractivity contribution in [2.75, 3.05) is 0 Å². The summed E-state index contributed by atoms with van der Waals surface area (Å²) in [4.78, 5) is 28.8. The molecule has 0 aliphatic carbocycles. The van der Waals surface area contributed by atoms with Crippen molar-refractivity contribution >= 4 is 11.7 Å². The van der Waals surface area contributed by atoms with E-state index >= 15 is 0 Å². The Morgan fingerprint density at radius 3 is 2.79 bits per heavy atom. The number of rotatable bonds is 3. The molecular formula is C8H7NO5. The number of carbonyl (C=O) groups excluding carboxylic acids is 1. The minimum absolute atomic E-state index is 0.106. The van der Waals surface area contributed by atoms with Crippen LogP contribution in [0.2, 0.25) is 0 Å². The molecule has 0 radical (unpaired) electrons. The number of hydrogen-bond donors (Lipinski definition) is 0.